The molecular weight excluding hydrogens is 426 g/mol. The van der Waals surface area contributed by atoms with Gasteiger partial charge in [-0.2, -0.15) is 0 Å². The molecule has 0 aliphatic carbocycles. The van der Waals surface area contributed by atoms with E-state index in [0.717, 1.165) is 19.3 Å². The van der Waals surface area contributed by atoms with Crippen LogP contribution in [0.25, 0.3) is 0 Å². The zero-order valence-corrected chi connectivity index (χ0v) is 20.4. The number of thioether (sulfide) groups is 1. The number of hydrogen-bond donors (Lipinski definition) is 1. The van der Waals surface area contributed by atoms with Gasteiger partial charge in [0.15, 0.2) is 0 Å². The normalized spacial score (nSPS) is 30.5. The second kappa shape index (κ2) is 10.00. The molecule has 3 heterocycles. The van der Waals surface area contributed by atoms with Gasteiger partial charge < -0.3 is 19.8 Å². The number of β-amino-alcohol motifs (C(OH)–C–C–N with tert-alkyl or cyclic N) is 1. The Bertz CT molecular complexity index is 772. The molecule has 32 heavy (non-hydrogen) atoms. The number of fused-ring (bicyclic) bond motifs is 1. The number of rotatable bonds is 11. The summed E-state index contributed by atoms with van der Waals surface area (Å²) in [4.78, 5) is 46.2. The Hall–Kier alpha value is -1.80. The van der Waals surface area contributed by atoms with Crippen LogP contribution in [-0.4, -0.2) is 92.4 Å². The minimum Gasteiger partial charge on any atom is -0.395 e. The molecular formula is C24H37N3O4S. The van der Waals surface area contributed by atoms with Crippen LogP contribution in [0.4, 0.5) is 0 Å². The lowest BCUT2D eigenvalue weighted by atomic mass is 9.70. The largest absolute Gasteiger partial charge is 0.395 e. The minimum atomic E-state index is -0.665. The van der Waals surface area contributed by atoms with E-state index in [2.05, 4.69) is 13.2 Å². The fourth-order valence-electron chi connectivity index (χ4n) is 5.84. The third kappa shape index (κ3) is 3.89. The summed E-state index contributed by atoms with van der Waals surface area (Å²) in [5.74, 6) is -1.24. The quantitative estimate of drug-likeness (QED) is 0.474. The van der Waals surface area contributed by atoms with E-state index >= 15 is 0 Å². The average Bonchev–Trinajstić information content (AvgIpc) is 3.39. The molecule has 3 aliphatic heterocycles. The maximum atomic E-state index is 13.8. The van der Waals surface area contributed by atoms with Crippen molar-refractivity contribution in [1.82, 2.24) is 14.7 Å². The molecule has 1 N–H and O–H groups in total. The first-order valence-electron chi connectivity index (χ1n) is 11.7. The van der Waals surface area contributed by atoms with Crippen molar-refractivity contribution in [3.63, 3.8) is 0 Å². The van der Waals surface area contributed by atoms with E-state index in [0.29, 0.717) is 19.6 Å². The summed E-state index contributed by atoms with van der Waals surface area (Å²) in [6.07, 6.45) is 5.80. The lowest BCUT2D eigenvalue weighted by Crippen LogP contribution is -2.56. The van der Waals surface area contributed by atoms with Crippen LogP contribution in [0.2, 0.25) is 0 Å². The third-order valence-corrected chi connectivity index (χ3v) is 9.00. The fourth-order valence-corrected chi connectivity index (χ4v) is 8.05. The topological polar surface area (TPSA) is 81.2 Å². The van der Waals surface area contributed by atoms with Crippen LogP contribution in [-0.2, 0) is 14.4 Å². The maximum absolute atomic E-state index is 13.8. The lowest BCUT2D eigenvalue weighted by molar-refractivity contribution is -0.145. The van der Waals surface area contributed by atoms with Gasteiger partial charge in [0.25, 0.3) is 0 Å². The van der Waals surface area contributed by atoms with Gasteiger partial charge in [0.05, 0.1) is 23.2 Å². The van der Waals surface area contributed by atoms with Crippen molar-refractivity contribution >= 4 is 29.5 Å². The van der Waals surface area contributed by atoms with Gasteiger partial charge in [0.2, 0.25) is 17.7 Å². The van der Waals surface area contributed by atoms with Gasteiger partial charge in [0, 0.05) is 37.5 Å². The van der Waals surface area contributed by atoms with Gasteiger partial charge >= 0.3 is 0 Å². The van der Waals surface area contributed by atoms with Gasteiger partial charge in [-0.25, -0.2) is 0 Å². The van der Waals surface area contributed by atoms with E-state index in [1.54, 1.807) is 38.6 Å². The summed E-state index contributed by atoms with van der Waals surface area (Å²) < 4.78 is -0.616. The Balaban J connectivity index is 2.01. The van der Waals surface area contributed by atoms with Crippen LogP contribution in [0.3, 0.4) is 0 Å². The number of carbonyl (C=O) groups is 3. The SMILES string of the molecule is C=CCN(CCC)C(=O)[C@@H]1[C@@H]2CCC3(S2)C(C(=O)N(CC=C)C(C)C)N(CCO)C(=O)[C@H]13. The summed E-state index contributed by atoms with van der Waals surface area (Å²) in [6, 6.07) is -0.711. The predicted molar refractivity (Wildman–Crippen MR) is 127 cm³/mol. The lowest BCUT2D eigenvalue weighted by Gasteiger charge is -2.38. The van der Waals surface area contributed by atoms with Gasteiger partial charge in [-0.05, 0) is 33.1 Å². The number of carbonyl (C=O) groups excluding carboxylic acids is 3. The van der Waals surface area contributed by atoms with Crippen molar-refractivity contribution in [3.05, 3.63) is 25.3 Å². The van der Waals surface area contributed by atoms with Crippen molar-refractivity contribution in [2.75, 3.05) is 32.8 Å². The Morgan fingerprint density at radius 1 is 1.28 bits per heavy atom. The molecule has 178 valence electrons. The average molecular weight is 464 g/mol. The molecule has 2 bridgehead atoms. The standard InChI is InChI=1S/C24H37N3O4S/c1-6-11-25(12-7-2)21(29)18-17-9-10-24(32-17)19(18)22(30)27(14-15-28)20(24)23(31)26(13-8-3)16(4)5/h6,8,16-20,28H,1,3,7,9-15H2,2,4-5H3/t17-,18+,19-,20?,24?/m0/s1. The van der Waals surface area contributed by atoms with E-state index in [1.165, 1.54) is 0 Å². The number of aliphatic hydroxyl groups excluding tert-OH is 1. The van der Waals surface area contributed by atoms with Crippen molar-refractivity contribution in [2.45, 2.75) is 62.1 Å². The zero-order chi connectivity index (χ0) is 23.6. The molecule has 8 heteroatoms. The highest BCUT2D eigenvalue weighted by atomic mass is 32.2. The van der Waals surface area contributed by atoms with Crippen LogP contribution in [0.5, 0.6) is 0 Å². The van der Waals surface area contributed by atoms with Crippen molar-refractivity contribution in [1.29, 1.82) is 0 Å². The molecule has 3 amide bonds. The van der Waals surface area contributed by atoms with Crippen LogP contribution < -0.4 is 0 Å². The van der Waals surface area contributed by atoms with E-state index < -0.39 is 22.6 Å². The van der Waals surface area contributed by atoms with Crippen molar-refractivity contribution in [2.24, 2.45) is 11.8 Å². The van der Waals surface area contributed by atoms with E-state index in [4.69, 9.17) is 0 Å². The Morgan fingerprint density at radius 3 is 2.53 bits per heavy atom. The molecule has 3 fully saturated rings. The summed E-state index contributed by atoms with van der Waals surface area (Å²) in [5, 5.41) is 9.74. The van der Waals surface area contributed by atoms with Crippen LogP contribution in [0.15, 0.2) is 25.3 Å². The molecule has 0 aromatic rings. The summed E-state index contributed by atoms with van der Waals surface area (Å²) in [6.45, 7) is 14.9. The second-order valence-corrected chi connectivity index (χ2v) is 10.9. The smallest absolute Gasteiger partial charge is 0.247 e. The summed E-state index contributed by atoms with van der Waals surface area (Å²) in [7, 11) is 0. The highest BCUT2D eigenvalue weighted by Crippen LogP contribution is 2.66. The van der Waals surface area contributed by atoms with Gasteiger partial charge in [-0.1, -0.05) is 19.1 Å². The van der Waals surface area contributed by atoms with E-state index in [-0.39, 0.29) is 42.2 Å². The molecule has 2 unspecified atom stereocenters. The summed E-state index contributed by atoms with van der Waals surface area (Å²) >= 11 is 1.67. The van der Waals surface area contributed by atoms with Crippen molar-refractivity contribution in [3.8, 4) is 0 Å². The number of hydrogen-bond acceptors (Lipinski definition) is 5. The van der Waals surface area contributed by atoms with Gasteiger partial charge in [0.1, 0.15) is 6.04 Å². The Morgan fingerprint density at radius 2 is 1.97 bits per heavy atom. The van der Waals surface area contributed by atoms with Crippen LogP contribution in [0.1, 0.15) is 40.0 Å². The summed E-state index contributed by atoms with van der Waals surface area (Å²) in [5.41, 5.74) is 0. The monoisotopic (exact) mass is 463 g/mol. The highest BCUT2D eigenvalue weighted by molar-refractivity contribution is 8.02. The Labute approximate surface area is 195 Å². The molecule has 0 saturated carbocycles. The molecule has 0 radical (unpaired) electrons. The van der Waals surface area contributed by atoms with Crippen molar-refractivity contribution < 1.29 is 19.5 Å². The number of aliphatic hydroxyl groups is 1. The molecule has 0 aromatic carbocycles. The van der Waals surface area contributed by atoms with Gasteiger partial charge in [-0.3, -0.25) is 14.4 Å². The molecule has 0 aromatic heterocycles. The second-order valence-electron chi connectivity index (χ2n) is 9.26. The first-order chi connectivity index (χ1) is 15.3. The fraction of sp³-hybridized carbons (Fsp3) is 0.708. The highest BCUT2D eigenvalue weighted by Gasteiger charge is 2.74. The number of likely N-dealkylation sites (tertiary alicyclic amines) is 1. The van der Waals surface area contributed by atoms with Crippen LogP contribution >= 0.6 is 11.8 Å². The van der Waals surface area contributed by atoms with Gasteiger partial charge in [-0.15, -0.1) is 24.9 Å². The zero-order valence-electron chi connectivity index (χ0n) is 19.5. The minimum absolute atomic E-state index is 0.00645. The molecule has 5 atom stereocenters. The molecule has 3 aliphatic rings. The maximum Gasteiger partial charge on any atom is 0.247 e. The first kappa shape index (κ1) is 24.8. The predicted octanol–water partition coefficient (Wildman–Crippen LogP) is 1.92. The first-order valence-corrected chi connectivity index (χ1v) is 12.6. The molecule has 7 nitrogen and oxygen atoms in total. The Kier molecular flexibility index (Phi) is 7.76. The molecule has 3 saturated heterocycles. The van der Waals surface area contributed by atoms with E-state index in [9.17, 15) is 19.5 Å². The number of amides is 3. The molecule has 1 spiro atoms. The third-order valence-electron chi connectivity index (χ3n) is 7.05. The van der Waals surface area contributed by atoms with E-state index in [1.807, 2.05) is 20.8 Å². The number of nitrogens with zero attached hydrogens (tertiary/aromatic N) is 3. The molecule has 3 rings (SSSR count). The van der Waals surface area contributed by atoms with Crippen LogP contribution in [0, 0.1) is 11.8 Å².